The van der Waals surface area contributed by atoms with Crippen LogP contribution in [0.4, 0.5) is 0 Å². The number of unbranched alkanes of at least 4 members (excludes halogenated alkanes) is 11. The van der Waals surface area contributed by atoms with E-state index in [4.69, 9.17) is 0 Å². The number of aliphatic hydroxyl groups is 1. The molecule has 4 nitrogen and oxygen atoms in total. The molecule has 0 saturated carbocycles. The van der Waals surface area contributed by atoms with Crippen molar-refractivity contribution in [3.63, 3.8) is 0 Å². The van der Waals surface area contributed by atoms with E-state index >= 15 is 0 Å². The van der Waals surface area contributed by atoms with Crippen LogP contribution in [0.15, 0.2) is 0 Å². The van der Waals surface area contributed by atoms with Gasteiger partial charge < -0.3 is 9.66 Å². The minimum absolute atomic E-state index is 0. The number of hydrogen-bond donors (Lipinski definition) is 1. The predicted molar refractivity (Wildman–Crippen MR) is 100 cm³/mol. The van der Waals surface area contributed by atoms with E-state index < -0.39 is 21.5 Å². The van der Waals surface area contributed by atoms with E-state index in [0.717, 1.165) is 19.3 Å². The van der Waals surface area contributed by atoms with Crippen LogP contribution in [0.1, 0.15) is 110 Å². The standard InChI is InChI=1S/C19H40O4S.Na/c1-3-4-5-6-7-8-9-10-11-12-13-14-15-19(24(21,22)23)17-16-18(2)20;/h18-20H,3-17H2,1-2H3,(H,21,22,23);/q;+1/p-1. The van der Waals surface area contributed by atoms with Crippen molar-refractivity contribution in [3.05, 3.63) is 0 Å². The van der Waals surface area contributed by atoms with Gasteiger partial charge in [-0.3, -0.25) is 0 Å². The molecule has 0 bridgehead atoms. The maximum atomic E-state index is 11.2. The quantitative estimate of drug-likeness (QED) is 0.236. The molecular weight excluding hydrogens is 347 g/mol. The fraction of sp³-hybridized carbons (Fsp3) is 1.00. The Hall–Kier alpha value is 0.870. The van der Waals surface area contributed by atoms with Gasteiger partial charge in [0, 0.05) is 5.25 Å². The Morgan fingerprint density at radius 1 is 0.760 bits per heavy atom. The molecule has 0 aliphatic heterocycles. The van der Waals surface area contributed by atoms with Crippen LogP contribution in [0.25, 0.3) is 0 Å². The molecule has 0 aromatic heterocycles. The predicted octanol–water partition coefficient (Wildman–Crippen LogP) is 2.16. The molecule has 6 heteroatoms. The monoisotopic (exact) mass is 386 g/mol. The molecule has 0 heterocycles. The molecule has 0 amide bonds. The first-order valence-corrected chi connectivity index (χ1v) is 11.5. The van der Waals surface area contributed by atoms with Crippen molar-refractivity contribution >= 4 is 10.1 Å². The molecule has 0 saturated heterocycles. The van der Waals surface area contributed by atoms with Crippen molar-refractivity contribution in [3.8, 4) is 0 Å². The van der Waals surface area contributed by atoms with Crippen LogP contribution >= 0.6 is 0 Å². The first kappa shape index (κ1) is 28.1. The Kier molecular flexibility index (Phi) is 20.5. The zero-order valence-corrected chi connectivity index (χ0v) is 19.7. The summed E-state index contributed by atoms with van der Waals surface area (Å²) in [7, 11) is -4.24. The van der Waals surface area contributed by atoms with E-state index in [-0.39, 0.29) is 36.0 Å². The smallest absolute Gasteiger partial charge is 0.748 e. The van der Waals surface area contributed by atoms with Crippen molar-refractivity contribution in [2.75, 3.05) is 0 Å². The van der Waals surface area contributed by atoms with Gasteiger partial charge in [-0.15, -0.1) is 0 Å². The van der Waals surface area contributed by atoms with Crippen LogP contribution < -0.4 is 29.6 Å². The van der Waals surface area contributed by atoms with Crippen molar-refractivity contribution in [2.45, 2.75) is 122 Å². The van der Waals surface area contributed by atoms with Crippen molar-refractivity contribution in [1.82, 2.24) is 0 Å². The second-order valence-corrected chi connectivity index (χ2v) is 8.87. The summed E-state index contributed by atoms with van der Waals surface area (Å²) in [5.41, 5.74) is 0. The SMILES string of the molecule is CCCCCCCCCCCCCCC(CCC(C)O)S(=O)(=O)[O-].[Na+]. The fourth-order valence-corrected chi connectivity index (χ4v) is 3.95. The zero-order chi connectivity index (χ0) is 18.3. The summed E-state index contributed by atoms with van der Waals surface area (Å²) in [5, 5.41) is 8.42. The van der Waals surface area contributed by atoms with Crippen LogP contribution in [0.3, 0.4) is 0 Å². The van der Waals surface area contributed by atoms with Crippen LogP contribution in [0.5, 0.6) is 0 Å². The second-order valence-electron chi connectivity index (χ2n) is 7.22. The average molecular weight is 387 g/mol. The first-order valence-electron chi connectivity index (χ1n) is 10.0. The van der Waals surface area contributed by atoms with Crippen LogP contribution in [-0.4, -0.2) is 29.4 Å². The number of aliphatic hydroxyl groups excluding tert-OH is 1. The topological polar surface area (TPSA) is 77.4 Å². The Morgan fingerprint density at radius 3 is 1.52 bits per heavy atom. The largest absolute Gasteiger partial charge is 1.00 e. The van der Waals surface area contributed by atoms with E-state index in [1.165, 1.54) is 57.8 Å². The molecule has 25 heavy (non-hydrogen) atoms. The summed E-state index contributed by atoms with van der Waals surface area (Å²) in [6, 6.07) is 0. The van der Waals surface area contributed by atoms with Gasteiger partial charge in [0.2, 0.25) is 0 Å². The van der Waals surface area contributed by atoms with Gasteiger partial charge in [-0.2, -0.15) is 0 Å². The molecule has 2 atom stereocenters. The molecule has 0 aliphatic rings. The Labute approximate surface area is 178 Å². The molecule has 0 fully saturated rings. The van der Waals surface area contributed by atoms with Crippen molar-refractivity contribution in [2.24, 2.45) is 0 Å². The summed E-state index contributed by atoms with van der Waals surface area (Å²) in [6.07, 6.45) is 15.3. The first-order chi connectivity index (χ1) is 11.4. The molecule has 0 aliphatic carbocycles. The van der Waals surface area contributed by atoms with Crippen molar-refractivity contribution in [1.29, 1.82) is 0 Å². The molecule has 0 radical (unpaired) electrons. The Balaban J connectivity index is 0. The van der Waals surface area contributed by atoms with E-state index in [9.17, 15) is 18.1 Å². The third kappa shape index (κ3) is 19.4. The van der Waals surface area contributed by atoms with E-state index in [0.29, 0.717) is 12.8 Å². The maximum Gasteiger partial charge on any atom is 1.00 e. The van der Waals surface area contributed by atoms with Crippen molar-refractivity contribution < 1.29 is 47.6 Å². The molecule has 0 rings (SSSR count). The van der Waals surface area contributed by atoms with E-state index in [1.54, 1.807) is 6.92 Å². The van der Waals surface area contributed by atoms with E-state index in [2.05, 4.69) is 6.92 Å². The zero-order valence-electron chi connectivity index (χ0n) is 16.8. The third-order valence-corrected chi connectivity index (χ3v) is 5.98. The minimum atomic E-state index is -4.24. The van der Waals surface area contributed by atoms with Crippen LogP contribution in [0.2, 0.25) is 0 Å². The third-order valence-electron chi connectivity index (χ3n) is 4.69. The number of hydrogen-bond acceptors (Lipinski definition) is 4. The average Bonchev–Trinajstić information content (AvgIpc) is 2.49. The van der Waals surface area contributed by atoms with Gasteiger partial charge >= 0.3 is 29.6 Å². The maximum absolute atomic E-state index is 11.2. The molecule has 2 unspecified atom stereocenters. The molecule has 0 aromatic carbocycles. The summed E-state index contributed by atoms with van der Waals surface area (Å²) in [4.78, 5) is 0. The summed E-state index contributed by atoms with van der Waals surface area (Å²) < 4.78 is 33.7. The van der Waals surface area contributed by atoms with Gasteiger partial charge in [-0.1, -0.05) is 84.0 Å². The molecule has 146 valence electrons. The Morgan fingerprint density at radius 2 is 1.16 bits per heavy atom. The minimum Gasteiger partial charge on any atom is -0.748 e. The Bertz CT molecular complexity index is 372. The summed E-state index contributed by atoms with van der Waals surface area (Å²) in [5.74, 6) is 0. The fourth-order valence-electron chi connectivity index (χ4n) is 3.07. The summed E-state index contributed by atoms with van der Waals surface area (Å²) >= 11 is 0. The van der Waals surface area contributed by atoms with Gasteiger partial charge in [-0.25, -0.2) is 8.42 Å². The van der Waals surface area contributed by atoms with Gasteiger partial charge in [0.05, 0.1) is 16.2 Å². The molecular formula is C19H39NaO4S. The van der Waals surface area contributed by atoms with Gasteiger partial charge in [0.25, 0.3) is 0 Å². The number of rotatable bonds is 17. The van der Waals surface area contributed by atoms with Gasteiger partial charge in [-0.05, 0) is 26.2 Å². The van der Waals surface area contributed by atoms with Crippen LogP contribution in [-0.2, 0) is 10.1 Å². The molecule has 1 N–H and O–H groups in total. The normalized spacial score (nSPS) is 14.1. The molecule has 0 spiro atoms. The van der Waals surface area contributed by atoms with Crippen LogP contribution in [0, 0.1) is 0 Å². The second kappa shape index (κ2) is 18.2. The summed E-state index contributed by atoms with van der Waals surface area (Å²) in [6.45, 7) is 3.86. The molecule has 0 aromatic rings. The van der Waals surface area contributed by atoms with Gasteiger partial charge in [0.1, 0.15) is 0 Å². The van der Waals surface area contributed by atoms with Gasteiger partial charge in [0.15, 0.2) is 0 Å². The van der Waals surface area contributed by atoms with E-state index in [1.807, 2.05) is 0 Å².